The second-order valence-electron chi connectivity index (χ2n) is 7.49. The SMILES string of the molecule is NC(=O)CNC(=O)c1ccc(CNC(=O)c2ccccc2S(=O)(=O)N2CCCCC2)cc1. The molecule has 10 heteroatoms. The van der Waals surface area contributed by atoms with Crippen LogP contribution in [0.3, 0.4) is 0 Å². The average molecular weight is 459 g/mol. The first kappa shape index (κ1) is 23.4. The maximum Gasteiger partial charge on any atom is 0.252 e. The molecule has 1 saturated heterocycles. The van der Waals surface area contributed by atoms with E-state index in [2.05, 4.69) is 10.6 Å². The van der Waals surface area contributed by atoms with Gasteiger partial charge in [0, 0.05) is 25.2 Å². The van der Waals surface area contributed by atoms with Gasteiger partial charge in [-0.1, -0.05) is 30.7 Å². The van der Waals surface area contributed by atoms with Crippen molar-refractivity contribution in [1.82, 2.24) is 14.9 Å². The van der Waals surface area contributed by atoms with E-state index in [0.717, 1.165) is 24.8 Å². The number of nitrogens with two attached hydrogens (primary N) is 1. The molecule has 0 aliphatic carbocycles. The third kappa shape index (κ3) is 5.71. The smallest absolute Gasteiger partial charge is 0.252 e. The highest BCUT2D eigenvalue weighted by Gasteiger charge is 2.29. The van der Waals surface area contributed by atoms with Gasteiger partial charge in [0.05, 0.1) is 17.0 Å². The molecule has 4 N–H and O–H groups in total. The van der Waals surface area contributed by atoms with Gasteiger partial charge in [0.1, 0.15) is 0 Å². The lowest BCUT2D eigenvalue weighted by Crippen LogP contribution is -2.37. The highest BCUT2D eigenvalue weighted by atomic mass is 32.2. The van der Waals surface area contributed by atoms with E-state index in [9.17, 15) is 22.8 Å². The number of nitrogens with one attached hydrogen (secondary N) is 2. The van der Waals surface area contributed by atoms with Gasteiger partial charge in [-0.3, -0.25) is 14.4 Å². The topological polar surface area (TPSA) is 139 Å². The summed E-state index contributed by atoms with van der Waals surface area (Å²) in [6, 6.07) is 12.6. The maximum absolute atomic E-state index is 13.1. The van der Waals surface area contributed by atoms with E-state index in [1.165, 1.54) is 16.4 Å². The van der Waals surface area contributed by atoms with Crippen molar-refractivity contribution in [2.24, 2.45) is 5.73 Å². The zero-order valence-electron chi connectivity index (χ0n) is 17.5. The van der Waals surface area contributed by atoms with E-state index < -0.39 is 27.7 Å². The van der Waals surface area contributed by atoms with Crippen molar-refractivity contribution in [2.75, 3.05) is 19.6 Å². The molecule has 3 amide bonds. The largest absolute Gasteiger partial charge is 0.368 e. The minimum Gasteiger partial charge on any atom is -0.368 e. The van der Waals surface area contributed by atoms with Gasteiger partial charge in [0.15, 0.2) is 0 Å². The zero-order valence-corrected chi connectivity index (χ0v) is 18.4. The summed E-state index contributed by atoms with van der Waals surface area (Å²) < 4.78 is 27.6. The molecule has 0 unspecified atom stereocenters. The third-order valence-corrected chi connectivity index (χ3v) is 7.11. The molecule has 32 heavy (non-hydrogen) atoms. The van der Waals surface area contributed by atoms with Gasteiger partial charge >= 0.3 is 0 Å². The fraction of sp³-hybridized carbons (Fsp3) is 0.318. The number of primary amides is 1. The molecule has 0 saturated carbocycles. The Bertz CT molecular complexity index is 1090. The van der Waals surface area contributed by atoms with Crippen LogP contribution in [-0.2, 0) is 21.4 Å². The number of rotatable bonds is 8. The van der Waals surface area contributed by atoms with Gasteiger partial charge < -0.3 is 16.4 Å². The predicted molar refractivity (Wildman–Crippen MR) is 118 cm³/mol. The fourth-order valence-corrected chi connectivity index (χ4v) is 5.15. The van der Waals surface area contributed by atoms with Crippen molar-refractivity contribution in [2.45, 2.75) is 30.7 Å². The van der Waals surface area contributed by atoms with Crippen LogP contribution in [0.15, 0.2) is 53.4 Å². The number of hydrogen-bond donors (Lipinski definition) is 3. The Hall–Kier alpha value is -3.24. The molecule has 3 rings (SSSR count). The first-order valence-electron chi connectivity index (χ1n) is 10.3. The van der Waals surface area contributed by atoms with E-state index in [-0.39, 0.29) is 23.5 Å². The maximum atomic E-state index is 13.1. The Morgan fingerprint density at radius 2 is 1.53 bits per heavy atom. The van der Waals surface area contributed by atoms with Crippen LogP contribution < -0.4 is 16.4 Å². The molecule has 0 spiro atoms. The molecule has 1 aliphatic heterocycles. The predicted octanol–water partition coefficient (Wildman–Crippen LogP) is 1.01. The van der Waals surface area contributed by atoms with Crippen molar-refractivity contribution >= 4 is 27.7 Å². The van der Waals surface area contributed by atoms with Crippen LogP contribution in [0.2, 0.25) is 0 Å². The molecule has 1 heterocycles. The van der Waals surface area contributed by atoms with E-state index in [0.29, 0.717) is 18.7 Å². The second-order valence-corrected chi connectivity index (χ2v) is 9.40. The van der Waals surface area contributed by atoms with E-state index in [1.807, 2.05) is 0 Å². The summed E-state index contributed by atoms with van der Waals surface area (Å²) in [5.41, 5.74) is 6.17. The van der Waals surface area contributed by atoms with Crippen molar-refractivity contribution in [3.05, 3.63) is 65.2 Å². The lowest BCUT2D eigenvalue weighted by atomic mass is 10.1. The van der Waals surface area contributed by atoms with E-state index in [4.69, 9.17) is 5.73 Å². The van der Waals surface area contributed by atoms with Crippen molar-refractivity contribution in [1.29, 1.82) is 0 Å². The molecule has 0 atom stereocenters. The minimum absolute atomic E-state index is 0.000805. The normalized spacial score (nSPS) is 14.5. The first-order valence-corrected chi connectivity index (χ1v) is 11.8. The summed E-state index contributed by atoms with van der Waals surface area (Å²) in [6.45, 7) is 0.811. The van der Waals surface area contributed by atoms with Gasteiger partial charge in [0.25, 0.3) is 11.8 Å². The molecule has 2 aromatic rings. The van der Waals surface area contributed by atoms with Gasteiger partial charge in [-0.2, -0.15) is 4.31 Å². The second kappa shape index (κ2) is 10.4. The van der Waals surface area contributed by atoms with Crippen molar-refractivity contribution in [3.63, 3.8) is 0 Å². The van der Waals surface area contributed by atoms with Crippen molar-refractivity contribution in [3.8, 4) is 0 Å². The molecule has 1 fully saturated rings. The molecule has 0 radical (unpaired) electrons. The Kier molecular flexibility index (Phi) is 7.60. The number of amides is 3. The lowest BCUT2D eigenvalue weighted by Gasteiger charge is -2.26. The van der Waals surface area contributed by atoms with E-state index >= 15 is 0 Å². The molecule has 2 aromatic carbocycles. The summed E-state index contributed by atoms with van der Waals surface area (Å²) in [5, 5.41) is 5.13. The number of carbonyl (C=O) groups excluding carboxylic acids is 3. The van der Waals surface area contributed by atoms with Crippen LogP contribution in [-0.4, -0.2) is 50.1 Å². The first-order chi connectivity index (χ1) is 15.3. The number of carbonyl (C=O) groups is 3. The lowest BCUT2D eigenvalue weighted by molar-refractivity contribution is -0.117. The Labute approximate surface area is 187 Å². The summed E-state index contributed by atoms with van der Waals surface area (Å²) in [5.74, 6) is -1.57. The van der Waals surface area contributed by atoms with Crippen LogP contribution in [0.4, 0.5) is 0 Å². The highest BCUT2D eigenvalue weighted by Crippen LogP contribution is 2.23. The molecule has 170 valence electrons. The summed E-state index contributed by atoms with van der Waals surface area (Å²) in [6.07, 6.45) is 2.62. The van der Waals surface area contributed by atoms with E-state index in [1.54, 1.807) is 36.4 Å². The van der Waals surface area contributed by atoms with Crippen LogP contribution in [0.1, 0.15) is 45.5 Å². The zero-order chi connectivity index (χ0) is 23.1. The van der Waals surface area contributed by atoms with Crippen LogP contribution in [0.25, 0.3) is 0 Å². The van der Waals surface area contributed by atoms with Crippen LogP contribution in [0.5, 0.6) is 0 Å². The fourth-order valence-electron chi connectivity index (χ4n) is 3.44. The number of piperidine rings is 1. The van der Waals surface area contributed by atoms with Gasteiger partial charge in [-0.05, 0) is 42.7 Å². The monoisotopic (exact) mass is 458 g/mol. The number of hydrogen-bond acceptors (Lipinski definition) is 5. The van der Waals surface area contributed by atoms with Crippen LogP contribution in [0, 0.1) is 0 Å². The minimum atomic E-state index is -3.75. The third-order valence-electron chi connectivity index (χ3n) is 5.16. The van der Waals surface area contributed by atoms with Crippen LogP contribution >= 0.6 is 0 Å². The Morgan fingerprint density at radius 1 is 0.875 bits per heavy atom. The highest BCUT2D eigenvalue weighted by molar-refractivity contribution is 7.89. The van der Waals surface area contributed by atoms with Gasteiger partial charge in [-0.15, -0.1) is 0 Å². The molecule has 0 aromatic heterocycles. The number of sulfonamides is 1. The van der Waals surface area contributed by atoms with Gasteiger partial charge in [-0.25, -0.2) is 8.42 Å². The summed E-state index contributed by atoms with van der Waals surface area (Å²) in [4.78, 5) is 35.5. The molecular weight excluding hydrogens is 432 g/mol. The molecule has 0 bridgehead atoms. The average Bonchev–Trinajstić information content (AvgIpc) is 2.81. The summed E-state index contributed by atoms with van der Waals surface area (Å²) >= 11 is 0. The quantitative estimate of drug-likeness (QED) is 0.542. The standard InChI is InChI=1S/C22H26N4O5S/c23-20(27)15-25-21(28)17-10-8-16(9-11-17)14-24-22(29)18-6-2-3-7-19(18)32(30,31)26-12-4-1-5-13-26/h2-3,6-11H,1,4-5,12-15H2,(H2,23,27)(H,24,29)(H,25,28). The summed E-state index contributed by atoms with van der Waals surface area (Å²) in [7, 11) is -3.75. The Balaban J connectivity index is 1.67. The van der Waals surface area contributed by atoms with Crippen molar-refractivity contribution < 1.29 is 22.8 Å². The molecule has 9 nitrogen and oxygen atoms in total. The number of benzene rings is 2. The van der Waals surface area contributed by atoms with Gasteiger partial charge in [0.2, 0.25) is 15.9 Å². The number of nitrogens with zero attached hydrogens (tertiary/aromatic N) is 1. The molecular formula is C22H26N4O5S. The Morgan fingerprint density at radius 3 is 2.19 bits per heavy atom. The molecule has 1 aliphatic rings.